The van der Waals surface area contributed by atoms with E-state index in [0.29, 0.717) is 7.47 Å². The van der Waals surface area contributed by atoms with Gasteiger partial charge in [-0.25, -0.2) is 0 Å². The van der Waals surface area contributed by atoms with E-state index in [1.165, 1.54) is 24.9 Å². The number of halogens is 4. The molecule has 0 nitrogen and oxygen atoms in total. The molecule has 0 bridgehead atoms. The summed E-state index contributed by atoms with van der Waals surface area (Å²) in [6.45, 7) is 0. The summed E-state index contributed by atoms with van der Waals surface area (Å²) in [5.41, 5.74) is 0. The van der Waals surface area contributed by atoms with Crippen molar-refractivity contribution in [2.24, 2.45) is 0 Å². The average Bonchev–Trinajstić information content (AvgIpc) is 2.08. The second-order valence-electron chi connectivity index (χ2n) is 3.48. The van der Waals surface area contributed by atoms with Gasteiger partial charge in [0, 0.05) is 19.0 Å². The van der Waals surface area contributed by atoms with Crippen LogP contribution in [-0.2, 0) is 0 Å². The van der Waals surface area contributed by atoms with E-state index in [-0.39, 0.29) is 19.0 Å². The Kier molecular flexibility index (Phi) is 13.8. The van der Waals surface area contributed by atoms with Crippen molar-refractivity contribution in [1.29, 1.82) is 0 Å². The molecule has 0 aliphatic rings. The molecule has 6 heteroatoms. The van der Waals surface area contributed by atoms with Gasteiger partial charge in [-0.2, -0.15) is 0 Å². The third-order valence-corrected chi connectivity index (χ3v) is 8.74. The number of alkyl halides is 4. The van der Waals surface area contributed by atoms with Gasteiger partial charge in [0.15, 0.2) is 0 Å². The van der Waals surface area contributed by atoms with Crippen molar-refractivity contribution in [3.63, 3.8) is 0 Å². The predicted octanol–water partition coefficient (Wildman–Crippen LogP) is 4.01. The molecule has 0 radical (unpaired) electrons. The van der Waals surface area contributed by atoms with Gasteiger partial charge >= 0.3 is 0 Å². The molecule has 0 aromatic rings. The van der Waals surface area contributed by atoms with Gasteiger partial charge in [0.25, 0.3) is 0 Å². The van der Waals surface area contributed by atoms with E-state index in [4.69, 9.17) is 0 Å². The van der Waals surface area contributed by atoms with E-state index in [0.717, 1.165) is 0 Å². The standard InChI is InChI=1S/C8H18Br4Si2/c9-7(10)1-3-13-5-6-14-4-2-8(11)12/h7-8H,1-6,13-14H2. The summed E-state index contributed by atoms with van der Waals surface area (Å²) in [5, 5.41) is 0. The first kappa shape index (κ1) is 16.4. The van der Waals surface area contributed by atoms with Crippen LogP contribution < -0.4 is 0 Å². The minimum absolute atomic E-state index is 0.272. The molecule has 0 atom stereocenters. The first-order valence-corrected chi connectivity index (χ1v) is 12.9. The van der Waals surface area contributed by atoms with Crippen LogP contribution in [0.3, 0.4) is 0 Å². The highest BCUT2D eigenvalue weighted by Gasteiger charge is 1.99. The molecule has 0 saturated heterocycles. The van der Waals surface area contributed by atoms with Crippen molar-refractivity contribution in [3.05, 3.63) is 0 Å². The van der Waals surface area contributed by atoms with Crippen LogP contribution in [0.2, 0.25) is 24.2 Å². The lowest BCUT2D eigenvalue weighted by molar-refractivity contribution is 1.05. The Labute approximate surface area is 126 Å². The Morgan fingerprint density at radius 3 is 1.29 bits per heavy atom. The van der Waals surface area contributed by atoms with E-state index >= 15 is 0 Å². The third kappa shape index (κ3) is 14.4. The summed E-state index contributed by atoms with van der Waals surface area (Å²) in [7, 11) is 0.545. The Balaban J connectivity index is 2.92. The summed E-state index contributed by atoms with van der Waals surface area (Å²) in [5.74, 6) is 0. The minimum atomic E-state index is 0.272. The average molecular weight is 490 g/mol. The lowest BCUT2D eigenvalue weighted by Crippen LogP contribution is -1.97. The van der Waals surface area contributed by atoms with Crippen LogP contribution in [0, 0.1) is 0 Å². The second kappa shape index (κ2) is 11.8. The summed E-state index contributed by atoms with van der Waals surface area (Å²) in [6, 6.07) is 6.17. The van der Waals surface area contributed by atoms with Gasteiger partial charge in [0.2, 0.25) is 0 Å². The Hall–Kier alpha value is 2.35. The van der Waals surface area contributed by atoms with Crippen LogP contribution >= 0.6 is 63.7 Å². The zero-order valence-electron chi connectivity index (χ0n) is 8.32. The molecule has 0 spiro atoms. The van der Waals surface area contributed by atoms with Crippen LogP contribution in [-0.4, -0.2) is 26.5 Å². The molecule has 0 heterocycles. The van der Waals surface area contributed by atoms with Crippen LogP contribution in [0.1, 0.15) is 12.8 Å². The van der Waals surface area contributed by atoms with E-state index < -0.39 is 0 Å². The fraction of sp³-hybridized carbons (Fsp3) is 1.00. The molecule has 0 rings (SSSR count). The quantitative estimate of drug-likeness (QED) is 0.261. The summed E-state index contributed by atoms with van der Waals surface area (Å²) < 4.78 is 1.12. The van der Waals surface area contributed by atoms with Crippen molar-refractivity contribution in [2.75, 3.05) is 0 Å². The zero-order chi connectivity index (χ0) is 10.8. The molecular weight excluding hydrogens is 472 g/mol. The highest BCUT2D eigenvalue weighted by atomic mass is 79.9. The molecule has 0 aromatic heterocycles. The predicted molar refractivity (Wildman–Crippen MR) is 88.8 cm³/mol. The summed E-state index contributed by atoms with van der Waals surface area (Å²) >= 11 is 14.1. The number of rotatable bonds is 9. The first-order chi connectivity index (χ1) is 6.63. The Morgan fingerprint density at radius 1 is 0.643 bits per heavy atom. The van der Waals surface area contributed by atoms with E-state index in [1.54, 1.807) is 12.1 Å². The number of hydrogen-bond acceptors (Lipinski definition) is 0. The van der Waals surface area contributed by atoms with Crippen molar-refractivity contribution >= 4 is 82.8 Å². The maximum Gasteiger partial charge on any atom is 0.0695 e. The maximum absolute atomic E-state index is 3.52. The minimum Gasteiger partial charge on any atom is -0.0765 e. The smallest absolute Gasteiger partial charge is 0.0695 e. The Bertz CT molecular complexity index is 108. The van der Waals surface area contributed by atoms with Gasteiger partial charge in [0.05, 0.1) is 7.47 Å². The van der Waals surface area contributed by atoms with Gasteiger partial charge in [-0.3, -0.25) is 0 Å². The lowest BCUT2D eigenvalue weighted by Gasteiger charge is -2.02. The van der Waals surface area contributed by atoms with Crippen molar-refractivity contribution in [3.8, 4) is 0 Å². The van der Waals surface area contributed by atoms with Crippen LogP contribution in [0.25, 0.3) is 0 Å². The first-order valence-electron chi connectivity index (χ1n) is 5.19. The molecule has 86 valence electrons. The highest BCUT2D eigenvalue weighted by Crippen LogP contribution is 2.16. The lowest BCUT2D eigenvalue weighted by atomic mass is 10.6. The largest absolute Gasteiger partial charge is 0.0765 e. The van der Waals surface area contributed by atoms with Crippen molar-refractivity contribution < 1.29 is 0 Å². The number of hydrogen-bond donors (Lipinski definition) is 0. The molecule has 0 aromatic carbocycles. The fourth-order valence-electron chi connectivity index (χ4n) is 1.30. The van der Waals surface area contributed by atoms with Crippen LogP contribution in [0.15, 0.2) is 0 Å². The molecular formula is C8H18Br4Si2. The van der Waals surface area contributed by atoms with Gasteiger partial charge in [0.1, 0.15) is 0 Å². The molecule has 0 aliphatic carbocycles. The Morgan fingerprint density at radius 2 is 1.00 bits per heavy atom. The highest BCUT2D eigenvalue weighted by molar-refractivity contribution is 9.25. The molecule has 0 N–H and O–H groups in total. The monoisotopic (exact) mass is 486 g/mol. The second-order valence-corrected chi connectivity index (χ2v) is 14.6. The molecule has 0 saturated carbocycles. The van der Waals surface area contributed by atoms with Gasteiger partial charge in [-0.1, -0.05) is 87.9 Å². The normalized spacial score (nSPS) is 13.3. The van der Waals surface area contributed by atoms with Crippen LogP contribution in [0.5, 0.6) is 0 Å². The third-order valence-electron chi connectivity index (χ3n) is 2.09. The topological polar surface area (TPSA) is 0 Å². The molecule has 0 amide bonds. The van der Waals surface area contributed by atoms with Crippen molar-refractivity contribution in [2.45, 2.75) is 44.5 Å². The molecule has 0 fully saturated rings. The van der Waals surface area contributed by atoms with E-state index in [1.807, 2.05) is 0 Å². The van der Waals surface area contributed by atoms with Crippen LogP contribution in [0.4, 0.5) is 0 Å². The van der Waals surface area contributed by atoms with Gasteiger partial charge in [-0.05, 0) is 12.8 Å². The maximum atomic E-state index is 3.52. The SMILES string of the molecule is BrC(Br)CC[SiH2]CC[SiH2]CCC(Br)Br. The fourth-order valence-corrected chi connectivity index (χ4v) is 9.92. The van der Waals surface area contributed by atoms with Gasteiger partial charge in [-0.15, -0.1) is 0 Å². The summed E-state index contributed by atoms with van der Waals surface area (Å²) in [4.78, 5) is 0. The van der Waals surface area contributed by atoms with Crippen molar-refractivity contribution in [1.82, 2.24) is 0 Å². The van der Waals surface area contributed by atoms with E-state index in [9.17, 15) is 0 Å². The van der Waals surface area contributed by atoms with E-state index in [2.05, 4.69) is 63.7 Å². The van der Waals surface area contributed by atoms with Gasteiger partial charge < -0.3 is 0 Å². The summed E-state index contributed by atoms with van der Waals surface area (Å²) in [6.07, 6.45) is 2.64. The molecule has 0 aliphatic heterocycles. The molecule has 14 heavy (non-hydrogen) atoms. The molecule has 0 unspecified atom stereocenters. The zero-order valence-corrected chi connectivity index (χ0v) is 17.5.